The Morgan fingerprint density at radius 2 is 2.04 bits per heavy atom. The van der Waals surface area contributed by atoms with Gasteiger partial charge in [0, 0.05) is 12.6 Å². The monoisotopic (exact) mass is 339 g/mol. The summed E-state index contributed by atoms with van der Waals surface area (Å²) < 4.78 is 1.92. The van der Waals surface area contributed by atoms with E-state index in [0.717, 1.165) is 6.42 Å². The third-order valence-electron chi connectivity index (χ3n) is 3.79. The molecule has 0 spiro atoms. The smallest absolute Gasteiger partial charge is 0.290 e. The Morgan fingerprint density at radius 1 is 1.42 bits per heavy atom. The van der Waals surface area contributed by atoms with Crippen LogP contribution in [0.5, 0.6) is 0 Å². The number of amides is 2. The van der Waals surface area contributed by atoms with Crippen LogP contribution in [0.1, 0.15) is 46.0 Å². The Labute approximate surface area is 141 Å². The third-order valence-corrected chi connectivity index (χ3v) is 3.79. The molecule has 1 aliphatic heterocycles. The molecule has 1 saturated heterocycles. The van der Waals surface area contributed by atoms with Gasteiger partial charge in [0.15, 0.2) is 5.82 Å². The van der Waals surface area contributed by atoms with Gasteiger partial charge in [0.2, 0.25) is 11.8 Å². The Hall–Kier alpha value is -2.45. The summed E-state index contributed by atoms with van der Waals surface area (Å²) in [5.74, 6) is 0.683. The van der Waals surface area contributed by atoms with Crippen molar-refractivity contribution in [3.8, 4) is 0 Å². The molecule has 1 aromatic rings. The van der Waals surface area contributed by atoms with Crippen LogP contribution in [0.2, 0.25) is 0 Å². The first-order valence-electron chi connectivity index (χ1n) is 7.91. The minimum absolute atomic E-state index is 0.00654. The number of carboxylic acid groups (broad SMARTS) is 1. The summed E-state index contributed by atoms with van der Waals surface area (Å²) in [4.78, 5) is 36.2. The Bertz CT molecular complexity index is 572. The van der Waals surface area contributed by atoms with Crippen LogP contribution in [-0.2, 0) is 20.9 Å². The number of piperazine rings is 1. The second-order valence-corrected chi connectivity index (χ2v) is 5.81. The van der Waals surface area contributed by atoms with E-state index in [9.17, 15) is 9.59 Å². The van der Waals surface area contributed by atoms with E-state index in [1.165, 1.54) is 0 Å². The summed E-state index contributed by atoms with van der Waals surface area (Å²) in [7, 11) is 0. The highest BCUT2D eigenvalue weighted by atomic mass is 16.3. The van der Waals surface area contributed by atoms with Gasteiger partial charge in [-0.1, -0.05) is 6.92 Å². The highest BCUT2D eigenvalue weighted by Gasteiger charge is 2.36. The van der Waals surface area contributed by atoms with E-state index in [2.05, 4.69) is 10.2 Å². The standard InChI is InChI=1S/C14H23N5O2.CH2O2/c1-5-6-17-8-13(20)18(11(4)14(17)21)7-12-16-15-9-19(12)10(2)3;2-1-3/h9-11H,5-8H2,1-4H3;1H,(H,2,3)/t11-;/m0./s1. The fourth-order valence-corrected chi connectivity index (χ4v) is 2.59. The Kier molecular flexibility index (Phi) is 7.34. The van der Waals surface area contributed by atoms with Crippen molar-refractivity contribution in [2.75, 3.05) is 13.1 Å². The second kappa shape index (κ2) is 8.99. The van der Waals surface area contributed by atoms with Crippen molar-refractivity contribution >= 4 is 18.3 Å². The largest absolute Gasteiger partial charge is 0.483 e. The van der Waals surface area contributed by atoms with Crippen LogP contribution in [0, 0.1) is 0 Å². The quantitative estimate of drug-likeness (QED) is 0.784. The lowest BCUT2D eigenvalue weighted by Crippen LogP contribution is -2.58. The molecular weight excluding hydrogens is 314 g/mol. The zero-order chi connectivity index (χ0) is 18.3. The number of nitrogens with zero attached hydrogens (tertiary/aromatic N) is 5. The predicted molar refractivity (Wildman–Crippen MR) is 86.0 cm³/mol. The topological polar surface area (TPSA) is 109 Å². The minimum atomic E-state index is -0.449. The minimum Gasteiger partial charge on any atom is -0.483 e. The molecule has 9 heteroatoms. The molecule has 134 valence electrons. The SMILES string of the molecule is CCCN1CC(=O)N(Cc2nncn2C(C)C)[C@@H](C)C1=O.O=CO. The van der Waals surface area contributed by atoms with Gasteiger partial charge in [0.05, 0.1) is 13.1 Å². The van der Waals surface area contributed by atoms with Crippen LogP contribution in [0.3, 0.4) is 0 Å². The van der Waals surface area contributed by atoms with E-state index in [-0.39, 0.29) is 30.9 Å². The summed E-state index contributed by atoms with van der Waals surface area (Å²) in [6.07, 6.45) is 2.51. The molecule has 0 aromatic carbocycles. The van der Waals surface area contributed by atoms with Crippen molar-refractivity contribution in [3.05, 3.63) is 12.2 Å². The number of aromatic nitrogens is 3. The van der Waals surface area contributed by atoms with E-state index in [0.29, 0.717) is 18.9 Å². The van der Waals surface area contributed by atoms with Gasteiger partial charge in [-0.15, -0.1) is 10.2 Å². The molecule has 0 saturated carbocycles. The molecule has 2 amide bonds. The molecule has 1 atom stereocenters. The Morgan fingerprint density at radius 3 is 2.58 bits per heavy atom. The van der Waals surface area contributed by atoms with Gasteiger partial charge in [0.25, 0.3) is 6.47 Å². The molecule has 9 nitrogen and oxygen atoms in total. The lowest BCUT2D eigenvalue weighted by Gasteiger charge is -2.38. The van der Waals surface area contributed by atoms with Gasteiger partial charge in [-0.05, 0) is 27.2 Å². The number of carbonyl (C=O) groups is 3. The first kappa shape index (κ1) is 19.6. The molecule has 0 aliphatic carbocycles. The van der Waals surface area contributed by atoms with Crippen molar-refractivity contribution in [2.24, 2.45) is 0 Å². The van der Waals surface area contributed by atoms with Crippen LogP contribution in [0.15, 0.2) is 6.33 Å². The first-order chi connectivity index (χ1) is 11.4. The lowest BCUT2D eigenvalue weighted by atomic mass is 10.1. The predicted octanol–water partition coefficient (Wildman–Crippen LogP) is 0.529. The number of rotatable bonds is 5. The van der Waals surface area contributed by atoms with Crippen LogP contribution in [0.25, 0.3) is 0 Å². The van der Waals surface area contributed by atoms with Gasteiger partial charge in [0.1, 0.15) is 12.4 Å². The maximum absolute atomic E-state index is 12.3. The first-order valence-corrected chi connectivity index (χ1v) is 7.91. The molecule has 1 aromatic heterocycles. The van der Waals surface area contributed by atoms with E-state index >= 15 is 0 Å². The fourth-order valence-electron chi connectivity index (χ4n) is 2.59. The number of hydrogen-bond acceptors (Lipinski definition) is 5. The average Bonchev–Trinajstić information content (AvgIpc) is 2.98. The third kappa shape index (κ3) is 4.53. The summed E-state index contributed by atoms with van der Waals surface area (Å²) in [5.41, 5.74) is 0. The molecule has 1 fully saturated rings. The van der Waals surface area contributed by atoms with Crippen LogP contribution in [-0.4, -0.2) is 67.1 Å². The van der Waals surface area contributed by atoms with E-state index in [1.54, 1.807) is 23.1 Å². The summed E-state index contributed by atoms with van der Waals surface area (Å²) >= 11 is 0. The lowest BCUT2D eigenvalue weighted by molar-refractivity contribution is -0.155. The summed E-state index contributed by atoms with van der Waals surface area (Å²) in [6.45, 7) is 8.70. The molecular formula is C15H25N5O4. The molecule has 1 N–H and O–H groups in total. The van der Waals surface area contributed by atoms with Gasteiger partial charge in [-0.25, -0.2) is 0 Å². The van der Waals surface area contributed by atoms with Crippen LogP contribution >= 0.6 is 0 Å². The fraction of sp³-hybridized carbons (Fsp3) is 0.667. The highest BCUT2D eigenvalue weighted by Crippen LogP contribution is 2.17. The van der Waals surface area contributed by atoms with E-state index < -0.39 is 6.04 Å². The maximum Gasteiger partial charge on any atom is 0.290 e. The molecule has 2 heterocycles. The average molecular weight is 339 g/mol. The second-order valence-electron chi connectivity index (χ2n) is 5.81. The Balaban J connectivity index is 0.000000891. The normalized spacial score (nSPS) is 17.8. The van der Waals surface area contributed by atoms with E-state index in [1.807, 2.05) is 25.3 Å². The molecule has 2 rings (SSSR count). The van der Waals surface area contributed by atoms with Gasteiger partial charge in [-0.2, -0.15) is 0 Å². The van der Waals surface area contributed by atoms with E-state index in [4.69, 9.17) is 9.90 Å². The maximum atomic E-state index is 12.3. The van der Waals surface area contributed by atoms with Crippen molar-refractivity contribution in [1.29, 1.82) is 0 Å². The van der Waals surface area contributed by atoms with Crippen LogP contribution in [0.4, 0.5) is 0 Å². The molecule has 0 unspecified atom stereocenters. The number of carbonyl (C=O) groups excluding carboxylic acids is 2. The highest BCUT2D eigenvalue weighted by molar-refractivity contribution is 5.94. The summed E-state index contributed by atoms with van der Waals surface area (Å²) in [5, 5.41) is 14.9. The molecule has 0 bridgehead atoms. The zero-order valence-corrected chi connectivity index (χ0v) is 14.5. The van der Waals surface area contributed by atoms with Crippen molar-refractivity contribution in [2.45, 2.75) is 52.7 Å². The molecule has 24 heavy (non-hydrogen) atoms. The van der Waals surface area contributed by atoms with Crippen molar-refractivity contribution in [3.63, 3.8) is 0 Å². The van der Waals surface area contributed by atoms with Crippen molar-refractivity contribution in [1.82, 2.24) is 24.6 Å². The van der Waals surface area contributed by atoms with Gasteiger partial charge < -0.3 is 19.5 Å². The zero-order valence-electron chi connectivity index (χ0n) is 14.5. The van der Waals surface area contributed by atoms with Gasteiger partial charge >= 0.3 is 0 Å². The number of hydrogen-bond donors (Lipinski definition) is 1. The molecule has 1 aliphatic rings. The molecule has 0 radical (unpaired) electrons. The van der Waals surface area contributed by atoms with Gasteiger partial charge in [-0.3, -0.25) is 14.4 Å². The van der Waals surface area contributed by atoms with Crippen LogP contribution < -0.4 is 0 Å². The summed E-state index contributed by atoms with van der Waals surface area (Å²) in [6, 6.07) is -0.229. The van der Waals surface area contributed by atoms with Crippen molar-refractivity contribution < 1.29 is 19.5 Å².